The van der Waals surface area contributed by atoms with Gasteiger partial charge in [0.25, 0.3) is 0 Å². The van der Waals surface area contributed by atoms with Gasteiger partial charge in [-0.2, -0.15) is 0 Å². The number of hydrogen-bond donors (Lipinski definition) is 2. The van der Waals surface area contributed by atoms with E-state index in [1.54, 1.807) is 6.20 Å². The molecule has 20 heavy (non-hydrogen) atoms. The molecule has 0 unspecified atom stereocenters. The summed E-state index contributed by atoms with van der Waals surface area (Å²) in [5, 5.41) is 5.91. The Kier molecular flexibility index (Phi) is 6.57. The Balaban J connectivity index is 2.42. The molecule has 5 nitrogen and oxygen atoms in total. The Morgan fingerprint density at radius 3 is 2.60 bits per heavy atom. The summed E-state index contributed by atoms with van der Waals surface area (Å²) in [7, 11) is -3.28. The Morgan fingerprint density at radius 2 is 2.05 bits per heavy atom. The average molecular weight is 319 g/mol. The molecule has 0 saturated carbocycles. The van der Waals surface area contributed by atoms with Crippen molar-refractivity contribution in [3.8, 4) is 0 Å². The van der Waals surface area contributed by atoms with Crippen molar-refractivity contribution in [3.63, 3.8) is 0 Å². The first-order chi connectivity index (χ1) is 9.23. The highest BCUT2D eigenvalue weighted by molar-refractivity contribution is 7.89. The summed E-state index contributed by atoms with van der Waals surface area (Å²) in [6.45, 7) is 8.68. The van der Waals surface area contributed by atoms with Crippen molar-refractivity contribution < 1.29 is 8.42 Å². The van der Waals surface area contributed by atoms with E-state index >= 15 is 0 Å². The third-order valence-electron chi connectivity index (χ3n) is 2.77. The quantitative estimate of drug-likeness (QED) is 0.684. The Labute approximate surface area is 126 Å². The molecule has 0 aromatic carbocycles. The van der Waals surface area contributed by atoms with Gasteiger partial charge in [-0.25, -0.2) is 18.1 Å². The number of sulfonamides is 1. The maximum Gasteiger partial charge on any atom is 0.212 e. The summed E-state index contributed by atoms with van der Waals surface area (Å²) in [6.07, 6.45) is 3.20. The van der Waals surface area contributed by atoms with Gasteiger partial charge in [-0.05, 0) is 33.2 Å². The van der Waals surface area contributed by atoms with Gasteiger partial charge >= 0.3 is 0 Å². The Hall–Kier alpha value is -0.500. The molecule has 0 radical (unpaired) electrons. The topological polar surface area (TPSA) is 71.1 Å². The minimum atomic E-state index is -3.28. The molecule has 0 bridgehead atoms. The number of thiazole rings is 1. The molecule has 2 N–H and O–H groups in total. The fraction of sp³-hybridized carbons (Fsp3) is 0.769. The standard InChI is InChI=1S/C13H25N3O2S2/c1-11(2)14-7-5-6-10-20(17,18)16-13(3,4)12-15-8-9-19-12/h8-9,11,14,16H,5-7,10H2,1-4H3. The molecule has 116 valence electrons. The molecule has 0 aliphatic heterocycles. The Morgan fingerprint density at radius 1 is 1.35 bits per heavy atom. The third-order valence-corrected chi connectivity index (χ3v) is 5.51. The number of nitrogens with zero attached hydrogens (tertiary/aromatic N) is 1. The number of hydrogen-bond acceptors (Lipinski definition) is 5. The van der Waals surface area contributed by atoms with E-state index in [0.717, 1.165) is 18.0 Å². The summed E-state index contributed by atoms with van der Waals surface area (Å²) >= 11 is 1.46. The SMILES string of the molecule is CC(C)NCCCCS(=O)(=O)NC(C)(C)c1nccs1. The van der Waals surface area contributed by atoms with Crippen LogP contribution in [-0.2, 0) is 15.6 Å². The summed E-state index contributed by atoms with van der Waals surface area (Å²) in [5.41, 5.74) is -0.650. The van der Waals surface area contributed by atoms with Crippen LogP contribution in [0.3, 0.4) is 0 Å². The predicted octanol–water partition coefficient (Wildman–Crippen LogP) is 2.08. The third kappa shape index (κ3) is 6.30. The second kappa shape index (κ2) is 7.49. The van der Waals surface area contributed by atoms with Crippen molar-refractivity contribution in [2.45, 2.75) is 52.1 Å². The lowest BCUT2D eigenvalue weighted by molar-refractivity contribution is 0.468. The summed E-state index contributed by atoms with van der Waals surface area (Å²) in [6, 6.07) is 0.438. The highest BCUT2D eigenvalue weighted by atomic mass is 32.2. The highest BCUT2D eigenvalue weighted by Gasteiger charge is 2.28. The zero-order chi connectivity index (χ0) is 15.2. The van der Waals surface area contributed by atoms with Crippen LogP contribution in [0.1, 0.15) is 45.5 Å². The van der Waals surface area contributed by atoms with E-state index in [1.165, 1.54) is 11.3 Å². The van der Waals surface area contributed by atoms with Crippen LogP contribution in [0.5, 0.6) is 0 Å². The van der Waals surface area contributed by atoms with Crippen LogP contribution in [0.25, 0.3) is 0 Å². The molecule has 0 saturated heterocycles. The van der Waals surface area contributed by atoms with Crippen molar-refractivity contribution in [2.24, 2.45) is 0 Å². The minimum Gasteiger partial charge on any atom is -0.315 e. The van der Waals surface area contributed by atoms with Crippen LogP contribution in [0, 0.1) is 0 Å². The fourth-order valence-corrected chi connectivity index (χ4v) is 4.17. The zero-order valence-electron chi connectivity index (χ0n) is 12.6. The van der Waals surface area contributed by atoms with Crippen molar-refractivity contribution in [2.75, 3.05) is 12.3 Å². The lowest BCUT2D eigenvalue weighted by atomic mass is 10.1. The number of nitrogens with one attached hydrogen (secondary N) is 2. The predicted molar refractivity (Wildman–Crippen MR) is 84.4 cm³/mol. The van der Waals surface area contributed by atoms with E-state index in [9.17, 15) is 8.42 Å². The van der Waals surface area contributed by atoms with E-state index in [2.05, 4.69) is 28.9 Å². The molecule has 7 heteroatoms. The molecule has 0 atom stereocenters. The largest absolute Gasteiger partial charge is 0.315 e. The number of unbranched alkanes of at least 4 members (excludes halogenated alkanes) is 1. The van der Waals surface area contributed by atoms with Crippen LogP contribution in [0.4, 0.5) is 0 Å². The maximum absolute atomic E-state index is 12.1. The molecule has 0 fully saturated rings. The minimum absolute atomic E-state index is 0.154. The van der Waals surface area contributed by atoms with Gasteiger partial charge in [0.05, 0.1) is 11.3 Å². The lowest BCUT2D eigenvalue weighted by Gasteiger charge is -2.23. The summed E-state index contributed by atoms with van der Waals surface area (Å²) in [4.78, 5) is 4.18. The first-order valence-electron chi connectivity index (χ1n) is 6.88. The number of aromatic nitrogens is 1. The van der Waals surface area contributed by atoms with E-state index in [1.807, 2.05) is 19.2 Å². The first-order valence-corrected chi connectivity index (χ1v) is 9.41. The number of rotatable bonds is 9. The second-order valence-corrected chi connectivity index (χ2v) is 8.44. The van der Waals surface area contributed by atoms with Gasteiger partial charge in [0.15, 0.2) is 0 Å². The molecule has 1 heterocycles. The molecule has 1 aromatic heterocycles. The van der Waals surface area contributed by atoms with E-state index in [-0.39, 0.29) is 5.75 Å². The summed E-state index contributed by atoms with van der Waals surface area (Å²) in [5.74, 6) is 0.154. The van der Waals surface area contributed by atoms with Crippen LogP contribution >= 0.6 is 11.3 Å². The molecule has 0 spiro atoms. The average Bonchev–Trinajstić information content (AvgIpc) is 2.80. The van der Waals surface area contributed by atoms with Crippen molar-refractivity contribution in [1.29, 1.82) is 0 Å². The van der Waals surface area contributed by atoms with Gasteiger partial charge in [0.2, 0.25) is 10.0 Å². The Bertz CT molecular complexity index is 482. The van der Waals surface area contributed by atoms with Crippen LogP contribution in [0.15, 0.2) is 11.6 Å². The molecule has 1 rings (SSSR count). The van der Waals surface area contributed by atoms with E-state index < -0.39 is 15.6 Å². The van der Waals surface area contributed by atoms with Gasteiger partial charge in [-0.3, -0.25) is 0 Å². The van der Waals surface area contributed by atoms with E-state index in [4.69, 9.17) is 0 Å². The van der Waals surface area contributed by atoms with Gasteiger partial charge in [-0.15, -0.1) is 11.3 Å². The fourth-order valence-electron chi connectivity index (χ4n) is 1.82. The molecular formula is C13H25N3O2S2. The smallest absolute Gasteiger partial charge is 0.212 e. The van der Waals surface area contributed by atoms with Gasteiger partial charge in [-0.1, -0.05) is 13.8 Å². The molecule has 0 amide bonds. The van der Waals surface area contributed by atoms with Crippen LogP contribution < -0.4 is 10.0 Å². The van der Waals surface area contributed by atoms with Gasteiger partial charge in [0.1, 0.15) is 5.01 Å². The zero-order valence-corrected chi connectivity index (χ0v) is 14.3. The van der Waals surface area contributed by atoms with Crippen molar-refractivity contribution >= 4 is 21.4 Å². The lowest BCUT2D eigenvalue weighted by Crippen LogP contribution is -2.42. The van der Waals surface area contributed by atoms with Gasteiger partial charge in [0, 0.05) is 17.6 Å². The molecular weight excluding hydrogens is 294 g/mol. The normalized spacial score (nSPS) is 13.1. The maximum atomic E-state index is 12.1. The van der Waals surface area contributed by atoms with Crippen LogP contribution in [-0.4, -0.2) is 31.7 Å². The van der Waals surface area contributed by atoms with Gasteiger partial charge < -0.3 is 5.32 Å². The van der Waals surface area contributed by atoms with Crippen molar-refractivity contribution in [3.05, 3.63) is 16.6 Å². The van der Waals surface area contributed by atoms with Crippen LogP contribution in [0.2, 0.25) is 0 Å². The highest BCUT2D eigenvalue weighted by Crippen LogP contribution is 2.23. The summed E-state index contributed by atoms with van der Waals surface area (Å²) < 4.78 is 26.9. The van der Waals surface area contributed by atoms with Crippen molar-refractivity contribution in [1.82, 2.24) is 15.0 Å². The second-order valence-electron chi connectivity index (χ2n) is 5.70. The first kappa shape index (κ1) is 17.6. The molecule has 0 aliphatic carbocycles. The van der Waals surface area contributed by atoms with E-state index in [0.29, 0.717) is 12.5 Å². The molecule has 1 aromatic rings. The monoisotopic (exact) mass is 319 g/mol. The molecule has 0 aliphatic rings.